The minimum atomic E-state index is -4.48. The highest BCUT2D eigenvalue weighted by Crippen LogP contribution is 2.30. The zero-order valence-electron chi connectivity index (χ0n) is 12.8. The molecule has 0 spiro atoms. The molecule has 1 amide bonds. The number of alkyl halides is 3. The van der Waals surface area contributed by atoms with Gasteiger partial charge in [0.1, 0.15) is 5.75 Å². The van der Waals surface area contributed by atoms with Gasteiger partial charge in [0.05, 0.1) is 5.69 Å². The maximum atomic E-state index is 12.3. The van der Waals surface area contributed by atoms with E-state index < -0.39 is 18.7 Å². The molecular formula is C17H15ClF3NO2. The average Bonchev–Trinajstić information content (AvgIpc) is 2.53. The third-order valence-electron chi connectivity index (χ3n) is 3.21. The van der Waals surface area contributed by atoms with Crippen LogP contribution in [0.4, 0.5) is 18.9 Å². The first-order valence-electron chi connectivity index (χ1n) is 7.18. The SMILES string of the molecule is CCc1ccc(C(=O)Nc2cc(Cl)ccc2OCC(F)(F)F)cc1. The molecule has 7 heteroatoms. The zero-order valence-corrected chi connectivity index (χ0v) is 13.5. The highest BCUT2D eigenvalue weighted by molar-refractivity contribution is 6.31. The molecule has 0 aliphatic heterocycles. The van der Waals surface area contributed by atoms with Crippen LogP contribution in [0.5, 0.6) is 5.75 Å². The molecule has 2 aromatic carbocycles. The van der Waals surface area contributed by atoms with Crippen molar-refractivity contribution in [3.63, 3.8) is 0 Å². The Morgan fingerprint density at radius 1 is 1.17 bits per heavy atom. The number of hydrogen-bond donors (Lipinski definition) is 1. The third-order valence-corrected chi connectivity index (χ3v) is 3.44. The Labute approximate surface area is 142 Å². The number of amides is 1. The molecule has 128 valence electrons. The van der Waals surface area contributed by atoms with Crippen molar-refractivity contribution in [3.8, 4) is 5.75 Å². The monoisotopic (exact) mass is 357 g/mol. The van der Waals surface area contributed by atoms with Crippen molar-refractivity contribution >= 4 is 23.2 Å². The van der Waals surface area contributed by atoms with E-state index in [1.807, 2.05) is 19.1 Å². The lowest BCUT2D eigenvalue weighted by molar-refractivity contribution is -0.153. The van der Waals surface area contributed by atoms with Crippen LogP contribution < -0.4 is 10.1 Å². The molecule has 0 aliphatic rings. The maximum Gasteiger partial charge on any atom is 0.422 e. The van der Waals surface area contributed by atoms with Gasteiger partial charge in [-0.3, -0.25) is 4.79 Å². The van der Waals surface area contributed by atoms with Crippen LogP contribution >= 0.6 is 11.6 Å². The number of carbonyl (C=O) groups is 1. The summed E-state index contributed by atoms with van der Waals surface area (Å²) in [5.41, 5.74) is 1.54. The molecule has 0 heterocycles. The van der Waals surface area contributed by atoms with Crippen molar-refractivity contribution in [1.29, 1.82) is 0 Å². The second kappa shape index (κ2) is 7.57. The number of nitrogens with one attached hydrogen (secondary N) is 1. The molecule has 0 saturated carbocycles. The summed E-state index contributed by atoms with van der Waals surface area (Å²) in [6.45, 7) is 0.536. The molecule has 0 atom stereocenters. The summed E-state index contributed by atoms with van der Waals surface area (Å²) in [5.74, 6) is -0.563. The van der Waals surface area contributed by atoms with Crippen molar-refractivity contribution in [3.05, 3.63) is 58.6 Å². The molecule has 0 bridgehead atoms. The van der Waals surface area contributed by atoms with Crippen LogP contribution in [0.3, 0.4) is 0 Å². The number of aryl methyl sites for hydroxylation is 1. The highest BCUT2D eigenvalue weighted by atomic mass is 35.5. The van der Waals surface area contributed by atoms with Gasteiger partial charge in [0.2, 0.25) is 0 Å². The van der Waals surface area contributed by atoms with E-state index in [4.69, 9.17) is 16.3 Å². The molecule has 0 unspecified atom stereocenters. The summed E-state index contributed by atoms with van der Waals surface area (Å²) in [5, 5.41) is 2.80. The van der Waals surface area contributed by atoms with Crippen molar-refractivity contribution in [2.45, 2.75) is 19.5 Å². The van der Waals surface area contributed by atoms with E-state index in [9.17, 15) is 18.0 Å². The van der Waals surface area contributed by atoms with Crippen LogP contribution in [-0.4, -0.2) is 18.7 Å². The molecule has 2 aromatic rings. The molecular weight excluding hydrogens is 343 g/mol. The standard InChI is InChI=1S/C17H15ClF3NO2/c1-2-11-3-5-12(6-4-11)16(23)22-14-9-13(18)7-8-15(14)24-10-17(19,20)21/h3-9H,2,10H2,1H3,(H,22,23). The van der Waals surface area contributed by atoms with Gasteiger partial charge in [0, 0.05) is 10.6 Å². The van der Waals surface area contributed by atoms with Crippen LogP contribution in [0.25, 0.3) is 0 Å². The molecule has 0 fully saturated rings. The van der Waals surface area contributed by atoms with E-state index in [-0.39, 0.29) is 16.5 Å². The molecule has 0 aromatic heterocycles. The normalized spacial score (nSPS) is 11.2. The van der Waals surface area contributed by atoms with Gasteiger partial charge in [0.15, 0.2) is 6.61 Å². The summed E-state index contributed by atoms with van der Waals surface area (Å²) in [6.07, 6.45) is -3.64. The predicted octanol–water partition coefficient (Wildman–Crippen LogP) is 5.10. The molecule has 1 N–H and O–H groups in total. The predicted molar refractivity (Wildman–Crippen MR) is 86.8 cm³/mol. The number of hydrogen-bond acceptors (Lipinski definition) is 2. The molecule has 3 nitrogen and oxygen atoms in total. The Bertz CT molecular complexity index is 715. The quantitative estimate of drug-likeness (QED) is 0.808. The molecule has 0 saturated heterocycles. The van der Waals surface area contributed by atoms with E-state index in [0.717, 1.165) is 12.0 Å². The smallest absolute Gasteiger partial charge is 0.422 e. The van der Waals surface area contributed by atoms with Crippen molar-refractivity contribution in [2.75, 3.05) is 11.9 Å². The van der Waals surface area contributed by atoms with Crippen molar-refractivity contribution < 1.29 is 22.7 Å². The summed E-state index contributed by atoms with van der Waals surface area (Å²) in [6, 6.07) is 10.9. The summed E-state index contributed by atoms with van der Waals surface area (Å²) in [4.78, 5) is 12.2. The second-order valence-corrected chi connectivity index (χ2v) is 5.49. The number of halogens is 4. The fourth-order valence-electron chi connectivity index (χ4n) is 1.97. The van der Waals surface area contributed by atoms with Crippen molar-refractivity contribution in [2.24, 2.45) is 0 Å². The number of benzene rings is 2. The lowest BCUT2D eigenvalue weighted by atomic mass is 10.1. The zero-order chi connectivity index (χ0) is 17.7. The molecule has 2 rings (SSSR count). The van der Waals surface area contributed by atoms with Gasteiger partial charge >= 0.3 is 6.18 Å². The summed E-state index contributed by atoms with van der Waals surface area (Å²) < 4.78 is 41.7. The van der Waals surface area contributed by atoms with Gasteiger partial charge in [0.25, 0.3) is 5.91 Å². The number of rotatable bonds is 5. The summed E-state index contributed by atoms with van der Waals surface area (Å²) >= 11 is 5.85. The minimum Gasteiger partial charge on any atom is -0.482 e. The van der Waals surface area contributed by atoms with Gasteiger partial charge in [-0.1, -0.05) is 30.7 Å². The van der Waals surface area contributed by atoms with E-state index in [2.05, 4.69) is 5.32 Å². The Morgan fingerprint density at radius 2 is 1.83 bits per heavy atom. The lowest BCUT2D eigenvalue weighted by Crippen LogP contribution is -2.20. The second-order valence-electron chi connectivity index (χ2n) is 5.05. The number of anilines is 1. The van der Waals surface area contributed by atoms with Crippen LogP contribution in [-0.2, 0) is 6.42 Å². The van der Waals surface area contributed by atoms with Gasteiger partial charge in [-0.15, -0.1) is 0 Å². The van der Waals surface area contributed by atoms with Crippen molar-refractivity contribution in [1.82, 2.24) is 0 Å². The van der Waals surface area contributed by atoms with E-state index in [1.54, 1.807) is 12.1 Å². The molecule has 24 heavy (non-hydrogen) atoms. The van der Waals surface area contributed by atoms with Crippen LogP contribution in [0.2, 0.25) is 5.02 Å². The Balaban J connectivity index is 2.17. The Kier molecular flexibility index (Phi) is 5.72. The van der Waals surface area contributed by atoms with Gasteiger partial charge < -0.3 is 10.1 Å². The van der Waals surface area contributed by atoms with Crippen LogP contribution in [0, 0.1) is 0 Å². The highest BCUT2D eigenvalue weighted by Gasteiger charge is 2.29. The Morgan fingerprint density at radius 3 is 2.42 bits per heavy atom. The largest absolute Gasteiger partial charge is 0.482 e. The fourth-order valence-corrected chi connectivity index (χ4v) is 2.14. The molecule has 0 aliphatic carbocycles. The maximum absolute atomic E-state index is 12.3. The minimum absolute atomic E-state index is 0.0799. The van der Waals surface area contributed by atoms with Crippen LogP contribution in [0.15, 0.2) is 42.5 Å². The number of ether oxygens (including phenoxy) is 1. The molecule has 0 radical (unpaired) electrons. The topological polar surface area (TPSA) is 38.3 Å². The number of carbonyl (C=O) groups excluding carboxylic acids is 1. The first-order valence-corrected chi connectivity index (χ1v) is 7.55. The Hall–Kier alpha value is -2.21. The fraction of sp³-hybridized carbons (Fsp3) is 0.235. The van der Waals surface area contributed by atoms with Gasteiger partial charge in [-0.2, -0.15) is 13.2 Å². The average molecular weight is 358 g/mol. The first kappa shape index (κ1) is 18.1. The lowest BCUT2D eigenvalue weighted by Gasteiger charge is -2.14. The van der Waals surface area contributed by atoms with E-state index in [1.165, 1.54) is 18.2 Å². The van der Waals surface area contributed by atoms with Gasteiger partial charge in [-0.25, -0.2) is 0 Å². The van der Waals surface area contributed by atoms with E-state index in [0.29, 0.717) is 5.56 Å². The first-order chi connectivity index (χ1) is 11.3. The summed E-state index contributed by atoms with van der Waals surface area (Å²) in [7, 11) is 0. The van der Waals surface area contributed by atoms with Crippen LogP contribution in [0.1, 0.15) is 22.8 Å². The third kappa shape index (κ3) is 5.16. The van der Waals surface area contributed by atoms with E-state index >= 15 is 0 Å². The van der Waals surface area contributed by atoms with Gasteiger partial charge in [-0.05, 0) is 42.3 Å².